The van der Waals surface area contributed by atoms with Crippen molar-refractivity contribution in [2.24, 2.45) is 0 Å². The third kappa shape index (κ3) is 3.29. The minimum atomic E-state index is 0.0683. The fourth-order valence-electron chi connectivity index (χ4n) is 2.56. The van der Waals surface area contributed by atoms with E-state index in [0.717, 1.165) is 22.5 Å². The van der Waals surface area contributed by atoms with Gasteiger partial charge in [-0.15, -0.1) is 5.10 Å². The molecular weight excluding hydrogens is 342 g/mol. The summed E-state index contributed by atoms with van der Waals surface area (Å²) in [4.78, 5) is 23.2. The van der Waals surface area contributed by atoms with Gasteiger partial charge in [-0.05, 0) is 42.5 Å². The highest BCUT2D eigenvalue weighted by Gasteiger charge is 2.18. The quantitative estimate of drug-likeness (QED) is 0.654. The Labute approximate surface area is 148 Å². The number of hydrogen-bond acceptors (Lipinski definition) is 6. The van der Waals surface area contributed by atoms with E-state index >= 15 is 0 Å². The monoisotopic (exact) mass is 361 g/mol. The number of thioether (sulfide) groups is 1. The van der Waals surface area contributed by atoms with E-state index < -0.39 is 0 Å². The molecule has 0 spiro atoms. The molecule has 126 valence electrons. The van der Waals surface area contributed by atoms with Gasteiger partial charge in [0.25, 0.3) is 5.78 Å². The van der Waals surface area contributed by atoms with E-state index in [-0.39, 0.29) is 5.91 Å². The number of carbonyl (C=O) groups excluding carboxylic acids is 1. The first-order chi connectivity index (χ1) is 11.5. The van der Waals surface area contributed by atoms with Crippen LogP contribution in [0.1, 0.15) is 22.5 Å². The molecule has 1 amide bonds. The van der Waals surface area contributed by atoms with Gasteiger partial charge in [0, 0.05) is 30.5 Å². The molecule has 8 heteroatoms. The van der Waals surface area contributed by atoms with Crippen LogP contribution in [-0.4, -0.2) is 43.7 Å². The lowest BCUT2D eigenvalue weighted by atomic mass is 10.1. The van der Waals surface area contributed by atoms with Crippen molar-refractivity contribution in [1.29, 1.82) is 0 Å². The number of fused-ring (bicyclic) bond motifs is 1. The predicted octanol–water partition coefficient (Wildman–Crippen LogP) is 2.73. The van der Waals surface area contributed by atoms with Crippen molar-refractivity contribution in [1.82, 2.24) is 24.5 Å². The van der Waals surface area contributed by atoms with E-state index in [4.69, 9.17) is 0 Å². The highest BCUT2D eigenvalue weighted by atomic mass is 32.2. The molecule has 0 saturated carbocycles. The Morgan fingerprint density at radius 2 is 2.17 bits per heavy atom. The molecule has 0 aromatic carbocycles. The molecule has 24 heavy (non-hydrogen) atoms. The minimum Gasteiger partial charge on any atom is -0.341 e. The summed E-state index contributed by atoms with van der Waals surface area (Å²) >= 11 is 3.12. The van der Waals surface area contributed by atoms with Gasteiger partial charge in [0.05, 0.1) is 6.42 Å². The Morgan fingerprint density at radius 1 is 1.38 bits per heavy atom. The van der Waals surface area contributed by atoms with Crippen LogP contribution in [0.15, 0.2) is 22.0 Å². The molecule has 0 unspecified atom stereocenters. The lowest BCUT2D eigenvalue weighted by Crippen LogP contribution is -2.28. The SMILES string of the molecule is CSc1nc2nc(C)c(CC(=O)N(C)Cc3ccsc3)c(C)n2n1. The molecule has 0 aliphatic heterocycles. The lowest BCUT2D eigenvalue weighted by Gasteiger charge is -2.18. The van der Waals surface area contributed by atoms with Crippen LogP contribution in [0.5, 0.6) is 0 Å². The number of carbonyl (C=O) groups is 1. The molecular formula is C16H19N5OS2. The van der Waals surface area contributed by atoms with E-state index in [1.54, 1.807) is 20.8 Å². The van der Waals surface area contributed by atoms with Crippen LogP contribution in [0, 0.1) is 13.8 Å². The average Bonchev–Trinajstić information content (AvgIpc) is 3.20. The van der Waals surface area contributed by atoms with Crippen LogP contribution in [0.2, 0.25) is 0 Å². The Hall–Kier alpha value is -1.93. The summed E-state index contributed by atoms with van der Waals surface area (Å²) in [5.41, 5.74) is 3.82. The highest BCUT2D eigenvalue weighted by molar-refractivity contribution is 7.98. The Morgan fingerprint density at radius 3 is 2.83 bits per heavy atom. The van der Waals surface area contributed by atoms with E-state index in [2.05, 4.69) is 20.4 Å². The lowest BCUT2D eigenvalue weighted by molar-refractivity contribution is -0.129. The molecule has 0 fully saturated rings. The van der Waals surface area contributed by atoms with Crippen molar-refractivity contribution in [3.8, 4) is 0 Å². The highest BCUT2D eigenvalue weighted by Crippen LogP contribution is 2.18. The number of likely N-dealkylation sites (N-methyl/N-ethyl adjacent to an activating group) is 1. The van der Waals surface area contributed by atoms with Crippen molar-refractivity contribution >= 4 is 34.8 Å². The van der Waals surface area contributed by atoms with Gasteiger partial charge in [-0.3, -0.25) is 4.79 Å². The summed E-state index contributed by atoms with van der Waals surface area (Å²) < 4.78 is 1.72. The standard InChI is InChI=1S/C16H19N5OS2/c1-10-13(7-14(22)20(3)8-12-5-6-24-9-12)11(2)21-15(17-10)18-16(19-21)23-4/h5-6,9H,7-8H2,1-4H3. The number of aromatic nitrogens is 4. The van der Waals surface area contributed by atoms with Gasteiger partial charge in [0.15, 0.2) is 0 Å². The van der Waals surface area contributed by atoms with E-state index in [1.165, 1.54) is 11.8 Å². The smallest absolute Gasteiger partial charge is 0.253 e. The van der Waals surface area contributed by atoms with Gasteiger partial charge in [-0.25, -0.2) is 9.50 Å². The summed E-state index contributed by atoms with van der Waals surface area (Å²) in [7, 11) is 1.83. The number of thiophene rings is 1. The van der Waals surface area contributed by atoms with Crippen LogP contribution in [0.25, 0.3) is 5.78 Å². The second-order valence-corrected chi connectivity index (χ2v) is 7.18. The van der Waals surface area contributed by atoms with Gasteiger partial charge < -0.3 is 4.90 Å². The van der Waals surface area contributed by atoms with Gasteiger partial charge in [-0.2, -0.15) is 16.3 Å². The minimum absolute atomic E-state index is 0.0683. The van der Waals surface area contributed by atoms with E-state index in [9.17, 15) is 4.79 Å². The summed E-state index contributed by atoms with van der Waals surface area (Å²) in [5, 5.41) is 9.20. The van der Waals surface area contributed by atoms with Crippen LogP contribution in [-0.2, 0) is 17.8 Å². The fraction of sp³-hybridized carbons (Fsp3) is 0.375. The number of hydrogen-bond donors (Lipinski definition) is 0. The number of aryl methyl sites for hydroxylation is 2. The van der Waals surface area contributed by atoms with Crippen molar-refractivity contribution in [3.05, 3.63) is 39.3 Å². The maximum atomic E-state index is 12.6. The predicted molar refractivity (Wildman–Crippen MR) is 96.5 cm³/mol. The largest absolute Gasteiger partial charge is 0.341 e. The normalized spacial score (nSPS) is 11.2. The summed E-state index contributed by atoms with van der Waals surface area (Å²) in [6.45, 7) is 4.50. The summed E-state index contributed by atoms with van der Waals surface area (Å²) in [6.07, 6.45) is 2.25. The topological polar surface area (TPSA) is 63.4 Å². The molecule has 3 rings (SSSR count). The van der Waals surface area contributed by atoms with Crippen LogP contribution in [0.4, 0.5) is 0 Å². The molecule has 3 aromatic heterocycles. The molecule has 0 saturated heterocycles. The molecule has 0 radical (unpaired) electrons. The summed E-state index contributed by atoms with van der Waals surface area (Å²) in [5.74, 6) is 0.649. The molecule has 6 nitrogen and oxygen atoms in total. The average molecular weight is 361 g/mol. The maximum absolute atomic E-state index is 12.6. The first-order valence-electron chi connectivity index (χ1n) is 7.51. The Kier molecular flexibility index (Phi) is 4.86. The molecule has 0 aliphatic carbocycles. The number of nitrogens with zero attached hydrogens (tertiary/aromatic N) is 5. The third-order valence-corrected chi connectivity index (χ3v) is 5.24. The van der Waals surface area contributed by atoms with Crippen LogP contribution < -0.4 is 0 Å². The maximum Gasteiger partial charge on any atom is 0.253 e. The van der Waals surface area contributed by atoms with Gasteiger partial charge in [0.2, 0.25) is 11.1 Å². The Balaban J connectivity index is 1.84. The van der Waals surface area contributed by atoms with Gasteiger partial charge in [-0.1, -0.05) is 11.8 Å². The number of amides is 1. The zero-order valence-electron chi connectivity index (χ0n) is 14.1. The van der Waals surface area contributed by atoms with Crippen molar-refractivity contribution in [3.63, 3.8) is 0 Å². The molecule has 0 N–H and O–H groups in total. The van der Waals surface area contributed by atoms with Crippen molar-refractivity contribution < 1.29 is 4.79 Å². The fourth-order valence-corrected chi connectivity index (χ4v) is 3.56. The third-order valence-electron chi connectivity index (χ3n) is 3.97. The first kappa shape index (κ1) is 16.9. The molecule has 3 heterocycles. The van der Waals surface area contributed by atoms with Crippen molar-refractivity contribution in [2.75, 3.05) is 13.3 Å². The zero-order valence-corrected chi connectivity index (χ0v) is 15.7. The molecule has 0 aliphatic rings. The van der Waals surface area contributed by atoms with Crippen molar-refractivity contribution in [2.45, 2.75) is 32.0 Å². The molecule has 3 aromatic rings. The Bertz CT molecular complexity index is 872. The van der Waals surface area contributed by atoms with Crippen LogP contribution >= 0.6 is 23.1 Å². The second-order valence-electron chi connectivity index (χ2n) is 5.63. The second kappa shape index (κ2) is 6.90. The van der Waals surface area contributed by atoms with Crippen LogP contribution in [0.3, 0.4) is 0 Å². The molecule has 0 atom stereocenters. The summed E-state index contributed by atoms with van der Waals surface area (Å²) in [6, 6.07) is 2.04. The van der Waals surface area contributed by atoms with Gasteiger partial charge >= 0.3 is 0 Å². The first-order valence-corrected chi connectivity index (χ1v) is 9.68. The van der Waals surface area contributed by atoms with E-state index in [0.29, 0.717) is 23.9 Å². The van der Waals surface area contributed by atoms with Gasteiger partial charge in [0.1, 0.15) is 0 Å². The van der Waals surface area contributed by atoms with E-state index in [1.807, 2.05) is 38.6 Å². The molecule has 0 bridgehead atoms. The zero-order chi connectivity index (χ0) is 17.3. The number of rotatable bonds is 5.